The van der Waals surface area contributed by atoms with Crippen LogP contribution >= 0.6 is 0 Å². The summed E-state index contributed by atoms with van der Waals surface area (Å²) >= 11 is 0. The highest BCUT2D eigenvalue weighted by molar-refractivity contribution is 5.89. The summed E-state index contributed by atoms with van der Waals surface area (Å²) < 4.78 is 0. The molecule has 3 heterocycles. The van der Waals surface area contributed by atoms with E-state index >= 15 is 0 Å². The zero-order valence-corrected chi connectivity index (χ0v) is 9.96. The summed E-state index contributed by atoms with van der Waals surface area (Å²) in [4.78, 5) is 13.1. The monoisotopic (exact) mass is 240 g/mol. The van der Waals surface area contributed by atoms with Crippen molar-refractivity contribution in [3.05, 3.63) is 36.9 Å². The predicted molar refractivity (Wildman–Crippen MR) is 67.8 cm³/mol. The van der Waals surface area contributed by atoms with E-state index < -0.39 is 0 Å². The molecular weight excluding hydrogens is 228 g/mol. The Labute approximate surface area is 103 Å². The van der Waals surface area contributed by atoms with E-state index in [0.717, 1.165) is 28.1 Å². The largest absolute Gasteiger partial charge is 0.346 e. The van der Waals surface area contributed by atoms with E-state index in [2.05, 4.69) is 31.7 Å². The standard InChI is InChI=1S/C12H12N6/c1-3-6-18-16-8(2)10(17-18)11-9-4-5-13-12(9)15-7-14-11/h3-5,7H,1,6H2,2H3,(H,13,14,15). The molecule has 0 fully saturated rings. The van der Waals surface area contributed by atoms with E-state index in [1.165, 1.54) is 6.33 Å². The van der Waals surface area contributed by atoms with Gasteiger partial charge in [-0.25, -0.2) is 9.97 Å². The predicted octanol–water partition coefficient (Wildman–Crippen LogP) is 1.71. The average molecular weight is 240 g/mol. The molecule has 3 rings (SSSR count). The summed E-state index contributed by atoms with van der Waals surface area (Å²) in [7, 11) is 0. The van der Waals surface area contributed by atoms with E-state index in [9.17, 15) is 0 Å². The Morgan fingerprint density at radius 3 is 3.06 bits per heavy atom. The Bertz CT molecular complexity index is 708. The van der Waals surface area contributed by atoms with E-state index in [0.29, 0.717) is 6.54 Å². The number of hydrogen-bond donors (Lipinski definition) is 1. The first-order chi connectivity index (χ1) is 8.79. The molecule has 18 heavy (non-hydrogen) atoms. The van der Waals surface area contributed by atoms with Crippen molar-refractivity contribution in [3.63, 3.8) is 0 Å². The highest BCUT2D eigenvalue weighted by Gasteiger charge is 2.14. The lowest BCUT2D eigenvalue weighted by Gasteiger charge is -1.97. The first-order valence-electron chi connectivity index (χ1n) is 5.60. The van der Waals surface area contributed by atoms with Gasteiger partial charge in [0.1, 0.15) is 23.4 Å². The number of fused-ring (bicyclic) bond motifs is 1. The van der Waals surface area contributed by atoms with Gasteiger partial charge in [-0.05, 0) is 13.0 Å². The summed E-state index contributed by atoms with van der Waals surface area (Å²) in [5.74, 6) is 0. The number of H-pyrrole nitrogens is 1. The number of aryl methyl sites for hydroxylation is 1. The Balaban J connectivity index is 2.19. The maximum absolute atomic E-state index is 4.43. The maximum atomic E-state index is 4.43. The molecule has 6 heteroatoms. The summed E-state index contributed by atoms with van der Waals surface area (Å²) in [5, 5.41) is 9.71. The van der Waals surface area contributed by atoms with Crippen LogP contribution in [0.15, 0.2) is 31.2 Å². The number of aromatic nitrogens is 6. The van der Waals surface area contributed by atoms with Gasteiger partial charge in [-0.3, -0.25) is 0 Å². The molecule has 0 aliphatic carbocycles. The fourth-order valence-electron chi connectivity index (χ4n) is 1.91. The Morgan fingerprint density at radius 2 is 2.22 bits per heavy atom. The van der Waals surface area contributed by atoms with Crippen LogP contribution in [-0.4, -0.2) is 29.9 Å². The molecule has 90 valence electrons. The number of aromatic amines is 1. The van der Waals surface area contributed by atoms with Crippen LogP contribution in [0.25, 0.3) is 22.4 Å². The number of allylic oxidation sites excluding steroid dienone is 1. The minimum Gasteiger partial charge on any atom is -0.346 e. The third-order valence-corrected chi connectivity index (χ3v) is 2.69. The van der Waals surface area contributed by atoms with Crippen LogP contribution in [0, 0.1) is 6.92 Å². The fraction of sp³-hybridized carbons (Fsp3) is 0.167. The van der Waals surface area contributed by atoms with Crippen molar-refractivity contribution in [1.82, 2.24) is 29.9 Å². The zero-order valence-electron chi connectivity index (χ0n) is 9.96. The lowest BCUT2D eigenvalue weighted by Crippen LogP contribution is -1.99. The molecule has 0 saturated carbocycles. The number of hydrogen-bond acceptors (Lipinski definition) is 4. The Hall–Kier alpha value is -2.50. The second kappa shape index (κ2) is 4.06. The molecule has 0 atom stereocenters. The molecule has 3 aromatic heterocycles. The van der Waals surface area contributed by atoms with Crippen LogP contribution in [0.4, 0.5) is 0 Å². The zero-order chi connectivity index (χ0) is 12.5. The molecule has 0 aliphatic rings. The van der Waals surface area contributed by atoms with Crippen LogP contribution in [0.5, 0.6) is 0 Å². The van der Waals surface area contributed by atoms with Gasteiger partial charge in [-0.2, -0.15) is 15.0 Å². The summed E-state index contributed by atoms with van der Waals surface area (Å²) in [6.45, 7) is 6.18. The van der Waals surface area contributed by atoms with Crippen molar-refractivity contribution in [2.75, 3.05) is 0 Å². The van der Waals surface area contributed by atoms with Gasteiger partial charge in [0, 0.05) is 11.6 Å². The SMILES string of the molecule is C=CCn1nc(C)c(-c2ncnc3[nH]ccc23)n1. The van der Waals surface area contributed by atoms with E-state index in [1.54, 1.807) is 10.9 Å². The normalized spacial score (nSPS) is 10.9. The molecule has 0 amide bonds. The highest BCUT2D eigenvalue weighted by Crippen LogP contribution is 2.24. The van der Waals surface area contributed by atoms with Gasteiger partial charge in [0.05, 0.1) is 12.2 Å². The van der Waals surface area contributed by atoms with Crippen molar-refractivity contribution in [3.8, 4) is 11.4 Å². The van der Waals surface area contributed by atoms with E-state index in [-0.39, 0.29) is 0 Å². The van der Waals surface area contributed by atoms with E-state index in [4.69, 9.17) is 0 Å². The quantitative estimate of drug-likeness (QED) is 0.707. The summed E-state index contributed by atoms with van der Waals surface area (Å²) in [6.07, 6.45) is 5.13. The van der Waals surface area contributed by atoms with Gasteiger partial charge >= 0.3 is 0 Å². The molecule has 1 N–H and O–H groups in total. The molecule has 0 spiro atoms. The molecule has 0 aromatic carbocycles. The third-order valence-electron chi connectivity index (χ3n) is 2.69. The van der Waals surface area contributed by atoms with Crippen molar-refractivity contribution < 1.29 is 0 Å². The summed E-state index contributed by atoms with van der Waals surface area (Å²) in [5.41, 5.74) is 3.23. The van der Waals surface area contributed by atoms with Crippen molar-refractivity contribution in [2.45, 2.75) is 13.5 Å². The van der Waals surface area contributed by atoms with Crippen LogP contribution < -0.4 is 0 Å². The van der Waals surface area contributed by atoms with Crippen molar-refractivity contribution >= 4 is 11.0 Å². The van der Waals surface area contributed by atoms with Crippen LogP contribution in [0.3, 0.4) is 0 Å². The van der Waals surface area contributed by atoms with Gasteiger partial charge < -0.3 is 4.98 Å². The minimum absolute atomic E-state index is 0.586. The maximum Gasteiger partial charge on any atom is 0.141 e. The van der Waals surface area contributed by atoms with Gasteiger partial charge in [0.25, 0.3) is 0 Å². The Kier molecular flexibility index (Phi) is 2.40. The van der Waals surface area contributed by atoms with Gasteiger partial charge in [0.15, 0.2) is 0 Å². The minimum atomic E-state index is 0.586. The second-order valence-corrected chi connectivity index (χ2v) is 3.94. The molecule has 0 bridgehead atoms. The molecule has 0 aliphatic heterocycles. The van der Waals surface area contributed by atoms with E-state index in [1.807, 2.05) is 19.2 Å². The smallest absolute Gasteiger partial charge is 0.141 e. The summed E-state index contributed by atoms with van der Waals surface area (Å²) in [6, 6.07) is 1.94. The first-order valence-corrected chi connectivity index (χ1v) is 5.60. The van der Waals surface area contributed by atoms with Crippen LogP contribution in [0.2, 0.25) is 0 Å². The lowest BCUT2D eigenvalue weighted by molar-refractivity contribution is 0.600. The molecule has 0 radical (unpaired) electrons. The lowest BCUT2D eigenvalue weighted by atomic mass is 10.2. The van der Waals surface area contributed by atoms with Gasteiger partial charge in [0.2, 0.25) is 0 Å². The molecule has 0 saturated heterocycles. The van der Waals surface area contributed by atoms with Crippen LogP contribution in [-0.2, 0) is 6.54 Å². The van der Waals surface area contributed by atoms with Crippen molar-refractivity contribution in [2.24, 2.45) is 0 Å². The molecular formula is C12H12N6. The fourth-order valence-corrected chi connectivity index (χ4v) is 1.91. The van der Waals surface area contributed by atoms with Crippen LogP contribution in [0.1, 0.15) is 5.69 Å². The molecule has 0 unspecified atom stereocenters. The third kappa shape index (κ3) is 1.58. The van der Waals surface area contributed by atoms with Crippen molar-refractivity contribution in [1.29, 1.82) is 0 Å². The second-order valence-electron chi connectivity index (χ2n) is 3.94. The molecule has 6 nitrogen and oxygen atoms in total. The number of nitrogens with one attached hydrogen (secondary N) is 1. The van der Waals surface area contributed by atoms with Gasteiger partial charge in [-0.1, -0.05) is 6.08 Å². The number of rotatable bonds is 3. The average Bonchev–Trinajstić information content (AvgIpc) is 2.95. The molecule has 3 aromatic rings. The highest BCUT2D eigenvalue weighted by atomic mass is 15.5. The van der Waals surface area contributed by atoms with Gasteiger partial charge in [-0.15, -0.1) is 6.58 Å². The topological polar surface area (TPSA) is 72.3 Å². The first kappa shape index (κ1) is 10.6. The Morgan fingerprint density at radius 1 is 1.33 bits per heavy atom. The number of nitrogens with zero attached hydrogens (tertiary/aromatic N) is 5.